The number of hydrogen-bond donors (Lipinski definition) is 3. The van der Waals surface area contributed by atoms with Crippen LogP contribution in [0.1, 0.15) is 24.0 Å². The first-order chi connectivity index (χ1) is 10.1. The van der Waals surface area contributed by atoms with E-state index in [-0.39, 0.29) is 41.6 Å². The number of nitrogens with one attached hydrogen (secondary N) is 3. The Morgan fingerprint density at radius 2 is 2.14 bits per heavy atom. The molecule has 1 atom stereocenters. The van der Waals surface area contributed by atoms with Crippen molar-refractivity contribution in [3.8, 4) is 0 Å². The number of carbonyl (C=O) groups excluding carboxylic acids is 2. The second-order valence-electron chi connectivity index (χ2n) is 5.52. The summed E-state index contributed by atoms with van der Waals surface area (Å²) in [5.74, 6) is -0.892. The molecule has 5 nitrogen and oxygen atoms in total. The van der Waals surface area contributed by atoms with Gasteiger partial charge in [-0.15, -0.1) is 12.4 Å². The van der Waals surface area contributed by atoms with E-state index in [1.54, 1.807) is 6.07 Å². The minimum atomic E-state index is -0.331. The van der Waals surface area contributed by atoms with Crippen molar-refractivity contribution in [2.24, 2.45) is 5.92 Å². The Balaban J connectivity index is 0.00000176. The van der Waals surface area contributed by atoms with Crippen LogP contribution in [0.25, 0.3) is 0 Å². The van der Waals surface area contributed by atoms with Gasteiger partial charge in [-0.3, -0.25) is 9.59 Å². The summed E-state index contributed by atoms with van der Waals surface area (Å²) in [4.78, 5) is 23.2. The maximum Gasteiger partial charge on any atom is 0.229 e. The molecule has 0 aromatic heterocycles. The Bertz CT molecular complexity index is 584. The van der Waals surface area contributed by atoms with Gasteiger partial charge < -0.3 is 16.0 Å². The number of halogens is 2. The van der Waals surface area contributed by atoms with Crippen LogP contribution in [0.15, 0.2) is 12.1 Å². The van der Waals surface area contributed by atoms with E-state index in [2.05, 4.69) is 16.0 Å². The molecular formula is C15H19ClFN3O2. The minimum absolute atomic E-state index is 0. The molecular weight excluding hydrogens is 309 g/mol. The second-order valence-corrected chi connectivity index (χ2v) is 5.52. The van der Waals surface area contributed by atoms with Crippen LogP contribution >= 0.6 is 12.4 Å². The molecule has 0 saturated carbocycles. The molecule has 3 N–H and O–H groups in total. The first kappa shape index (κ1) is 16.7. The molecule has 2 aliphatic rings. The molecule has 120 valence electrons. The van der Waals surface area contributed by atoms with E-state index in [0.29, 0.717) is 37.9 Å². The zero-order valence-electron chi connectivity index (χ0n) is 12.1. The second kappa shape index (κ2) is 7.07. The van der Waals surface area contributed by atoms with Gasteiger partial charge >= 0.3 is 0 Å². The van der Waals surface area contributed by atoms with E-state index in [1.807, 2.05) is 6.07 Å². The molecule has 3 rings (SSSR count). The van der Waals surface area contributed by atoms with Crippen LogP contribution in [0.4, 0.5) is 10.1 Å². The van der Waals surface area contributed by atoms with Gasteiger partial charge in [-0.1, -0.05) is 6.07 Å². The topological polar surface area (TPSA) is 70.2 Å². The highest BCUT2D eigenvalue weighted by molar-refractivity contribution is 5.94. The maximum atomic E-state index is 14.4. The highest BCUT2D eigenvalue weighted by Gasteiger charge is 2.25. The van der Waals surface area contributed by atoms with Crippen molar-refractivity contribution in [1.82, 2.24) is 10.6 Å². The van der Waals surface area contributed by atoms with E-state index in [4.69, 9.17) is 0 Å². The van der Waals surface area contributed by atoms with Crippen molar-refractivity contribution in [3.63, 3.8) is 0 Å². The third-order valence-electron chi connectivity index (χ3n) is 4.10. The number of rotatable bonds is 2. The molecule has 2 heterocycles. The van der Waals surface area contributed by atoms with Gasteiger partial charge in [0.1, 0.15) is 5.82 Å². The van der Waals surface area contributed by atoms with Crippen LogP contribution in [0, 0.1) is 11.7 Å². The smallest absolute Gasteiger partial charge is 0.229 e. The highest BCUT2D eigenvalue weighted by Crippen LogP contribution is 2.25. The van der Waals surface area contributed by atoms with Crippen molar-refractivity contribution in [3.05, 3.63) is 29.1 Å². The van der Waals surface area contributed by atoms with Gasteiger partial charge in [0.15, 0.2) is 0 Å². The van der Waals surface area contributed by atoms with Crippen LogP contribution in [0.2, 0.25) is 0 Å². The Morgan fingerprint density at radius 1 is 1.32 bits per heavy atom. The molecule has 1 unspecified atom stereocenters. The lowest BCUT2D eigenvalue weighted by Gasteiger charge is -2.23. The Morgan fingerprint density at radius 3 is 2.86 bits per heavy atom. The predicted molar refractivity (Wildman–Crippen MR) is 83.4 cm³/mol. The van der Waals surface area contributed by atoms with Crippen LogP contribution < -0.4 is 16.0 Å². The Kier molecular flexibility index (Phi) is 5.37. The molecule has 1 aromatic carbocycles. The average Bonchev–Trinajstić information content (AvgIpc) is 2.51. The SMILES string of the molecule is Cl.O=C1CCC(C(=O)Nc2ccc3c(c2F)CCNC3)CN1. The molecule has 7 heteroatoms. The number of benzene rings is 1. The van der Waals surface area contributed by atoms with Gasteiger partial charge in [0.2, 0.25) is 11.8 Å². The largest absolute Gasteiger partial charge is 0.355 e. The summed E-state index contributed by atoms with van der Waals surface area (Å²) < 4.78 is 14.4. The number of carbonyl (C=O) groups is 2. The minimum Gasteiger partial charge on any atom is -0.355 e. The summed E-state index contributed by atoms with van der Waals surface area (Å²) in [5, 5.41) is 8.51. The van der Waals surface area contributed by atoms with Crippen LogP contribution in [0.3, 0.4) is 0 Å². The molecule has 0 bridgehead atoms. The van der Waals surface area contributed by atoms with E-state index in [0.717, 1.165) is 12.1 Å². The van der Waals surface area contributed by atoms with Gasteiger partial charge in [0.25, 0.3) is 0 Å². The molecule has 0 radical (unpaired) electrons. The third kappa shape index (κ3) is 3.39. The highest BCUT2D eigenvalue weighted by atomic mass is 35.5. The summed E-state index contributed by atoms with van der Waals surface area (Å²) in [7, 11) is 0. The van der Waals surface area contributed by atoms with E-state index in [9.17, 15) is 14.0 Å². The molecule has 1 aromatic rings. The van der Waals surface area contributed by atoms with Crippen molar-refractivity contribution in [2.75, 3.05) is 18.4 Å². The summed E-state index contributed by atoms with van der Waals surface area (Å²) >= 11 is 0. The normalized spacial score (nSPS) is 20.4. The first-order valence-corrected chi connectivity index (χ1v) is 7.23. The summed E-state index contributed by atoms with van der Waals surface area (Å²) in [5.41, 5.74) is 1.86. The summed E-state index contributed by atoms with van der Waals surface area (Å²) in [6, 6.07) is 3.46. The molecule has 2 amide bonds. The number of amides is 2. The number of hydrogen-bond acceptors (Lipinski definition) is 3. The number of anilines is 1. The maximum absolute atomic E-state index is 14.4. The summed E-state index contributed by atoms with van der Waals surface area (Å²) in [6.45, 7) is 1.73. The third-order valence-corrected chi connectivity index (χ3v) is 4.10. The molecule has 1 fully saturated rings. The van der Waals surface area contributed by atoms with Gasteiger partial charge in [0.05, 0.1) is 11.6 Å². The lowest BCUT2D eigenvalue weighted by atomic mass is 9.97. The van der Waals surface area contributed by atoms with Crippen molar-refractivity contribution >= 4 is 29.9 Å². The van der Waals surface area contributed by atoms with E-state index < -0.39 is 0 Å². The van der Waals surface area contributed by atoms with Crippen molar-refractivity contribution < 1.29 is 14.0 Å². The van der Waals surface area contributed by atoms with Gasteiger partial charge in [-0.05, 0) is 36.6 Å². The van der Waals surface area contributed by atoms with Crippen LogP contribution in [0.5, 0.6) is 0 Å². The fraction of sp³-hybridized carbons (Fsp3) is 0.467. The van der Waals surface area contributed by atoms with Crippen LogP contribution in [-0.4, -0.2) is 24.9 Å². The van der Waals surface area contributed by atoms with Gasteiger partial charge in [-0.25, -0.2) is 4.39 Å². The molecule has 0 spiro atoms. The van der Waals surface area contributed by atoms with E-state index in [1.165, 1.54) is 0 Å². The molecule has 1 saturated heterocycles. The predicted octanol–water partition coefficient (Wildman–Crippen LogP) is 1.36. The number of fused-ring (bicyclic) bond motifs is 1. The van der Waals surface area contributed by atoms with Gasteiger partial charge in [0, 0.05) is 19.5 Å². The fourth-order valence-corrected chi connectivity index (χ4v) is 2.82. The van der Waals surface area contributed by atoms with Crippen molar-refractivity contribution in [1.29, 1.82) is 0 Å². The Hall–Kier alpha value is -1.66. The number of piperidine rings is 1. The van der Waals surface area contributed by atoms with Gasteiger partial charge in [-0.2, -0.15) is 0 Å². The lowest BCUT2D eigenvalue weighted by molar-refractivity contribution is -0.126. The zero-order valence-corrected chi connectivity index (χ0v) is 12.9. The molecule has 22 heavy (non-hydrogen) atoms. The van der Waals surface area contributed by atoms with E-state index >= 15 is 0 Å². The lowest BCUT2D eigenvalue weighted by Crippen LogP contribution is -2.40. The quantitative estimate of drug-likeness (QED) is 0.768. The standard InChI is InChI=1S/C15H18FN3O2.ClH/c16-14-11-5-6-17-7-9(11)1-3-12(14)19-15(21)10-2-4-13(20)18-8-10;/h1,3,10,17H,2,4-8H2,(H,18,20)(H,19,21);1H. The monoisotopic (exact) mass is 327 g/mol. The Labute approximate surface area is 134 Å². The van der Waals surface area contributed by atoms with Crippen molar-refractivity contribution in [2.45, 2.75) is 25.8 Å². The first-order valence-electron chi connectivity index (χ1n) is 7.23. The molecule has 0 aliphatic carbocycles. The average molecular weight is 328 g/mol. The van der Waals surface area contributed by atoms with Crippen LogP contribution in [-0.2, 0) is 22.6 Å². The molecule has 2 aliphatic heterocycles. The summed E-state index contributed by atoms with van der Waals surface area (Å²) in [6.07, 6.45) is 1.48. The fourth-order valence-electron chi connectivity index (χ4n) is 2.82. The zero-order chi connectivity index (χ0) is 14.8.